The number of thiocarbonyl (C=S) groups is 1. The number of halogens is 3. The summed E-state index contributed by atoms with van der Waals surface area (Å²) in [7, 11) is 1.38. The van der Waals surface area contributed by atoms with E-state index in [9.17, 15) is 22.8 Å². The number of carbonyl (C=O) groups excluding carboxylic acids is 2. The number of amides is 2. The van der Waals surface area contributed by atoms with Crippen molar-refractivity contribution in [2.24, 2.45) is 0 Å². The lowest BCUT2D eigenvalue weighted by atomic mass is 10.1. The first kappa shape index (κ1) is 22.2. The van der Waals surface area contributed by atoms with E-state index >= 15 is 0 Å². The molecule has 1 aromatic carbocycles. The van der Waals surface area contributed by atoms with Gasteiger partial charge in [-0.15, -0.1) is 0 Å². The minimum absolute atomic E-state index is 0.0151. The summed E-state index contributed by atoms with van der Waals surface area (Å²) in [5, 5.41) is 11.3. The fourth-order valence-corrected chi connectivity index (χ4v) is 3.56. The van der Waals surface area contributed by atoms with Crippen LogP contribution in [0, 0.1) is 17.1 Å². The Kier molecular flexibility index (Phi) is 6.50. The number of rotatable bonds is 4. The molecule has 160 valence electrons. The highest BCUT2D eigenvalue weighted by molar-refractivity contribution is 7.81. The van der Waals surface area contributed by atoms with Crippen molar-refractivity contribution in [1.82, 2.24) is 10.3 Å². The van der Waals surface area contributed by atoms with Crippen LogP contribution in [0.2, 0.25) is 0 Å². The lowest BCUT2D eigenvalue weighted by Gasteiger charge is -2.30. The molecular formula is C20H16F3N5O2S. The zero-order valence-corrected chi connectivity index (χ0v) is 17.0. The van der Waals surface area contributed by atoms with Crippen molar-refractivity contribution in [2.45, 2.75) is 19.3 Å². The molecule has 11 heteroatoms. The summed E-state index contributed by atoms with van der Waals surface area (Å²) in [6.45, 7) is 0.269. The number of benzene rings is 1. The van der Waals surface area contributed by atoms with Crippen LogP contribution in [0.3, 0.4) is 0 Å². The SMILES string of the molecule is CNC(=O)c1ccc(N2CCCC(=O)N(c3cnc(C#N)c(C(F)F)c3)C2=S)cc1F. The zero-order valence-electron chi connectivity index (χ0n) is 16.2. The summed E-state index contributed by atoms with van der Waals surface area (Å²) in [6.07, 6.45) is -1.41. The number of aromatic nitrogens is 1. The van der Waals surface area contributed by atoms with Crippen LogP contribution in [0.5, 0.6) is 0 Å². The molecule has 0 atom stereocenters. The van der Waals surface area contributed by atoms with Gasteiger partial charge in [-0.25, -0.2) is 18.2 Å². The van der Waals surface area contributed by atoms with Gasteiger partial charge >= 0.3 is 0 Å². The maximum Gasteiger partial charge on any atom is 0.266 e. The number of carbonyl (C=O) groups is 2. The van der Waals surface area contributed by atoms with Gasteiger partial charge < -0.3 is 10.2 Å². The lowest BCUT2D eigenvalue weighted by Crippen LogP contribution is -2.44. The Hall–Kier alpha value is -3.52. The number of hydrogen-bond acceptors (Lipinski definition) is 5. The van der Waals surface area contributed by atoms with Crippen LogP contribution >= 0.6 is 12.2 Å². The predicted molar refractivity (Wildman–Crippen MR) is 110 cm³/mol. The maximum atomic E-state index is 14.5. The van der Waals surface area contributed by atoms with Gasteiger partial charge in [-0.3, -0.25) is 14.5 Å². The van der Waals surface area contributed by atoms with E-state index in [0.717, 1.165) is 23.2 Å². The lowest BCUT2D eigenvalue weighted by molar-refractivity contribution is -0.117. The van der Waals surface area contributed by atoms with E-state index in [-0.39, 0.29) is 29.3 Å². The van der Waals surface area contributed by atoms with Crippen LogP contribution in [-0.2, 0) is 4.79 Å². The Morgan fingerprint density at radius 3 is 2.68 bits per heavy atom. The first-order valence-electron chi connectivity index (χ1n) is 9.12. The van der Waals surface area contributed by atoms with Gasteiger partial charge in [0.1, 0.15) is 17.6 Å². The van der Waals surface area contributed by atoms with Gasteiger partial charge in [-0.05, 0) is 42.9 Å². The average molecular weight is 447 g/mol. The van der Waals surface area contributed by atoms with Crippen molar-refractivity contribution in [2.75, 3.05) is 23.4 Å². The molecule has 3 rings (SSSR count). The summed E-state index contributed by atoms with van der Waals surface area (Å²) < 4.78 is 41.1. The van der Waals surface area contributed by atoms with Crippen LogP contribution in [0.1, 0.15) is 40.9 Å². The van der Waals surface area contributed by atoms with E-state index in [1.165, 1.54) is 24.1 Å². The summed E-state index contributed by atoms with van der Waals surface area (Å²) in [5.41, 5.74) is -0.940. The van der Waals surface area contributed by atoms with Gasteiger partial charge in [0, 0.05) is 25.7 Å². The Morgan fingerprint density at radius 1 is 1.32 bits per heavy atom. The number of pyridine rings is 1. The van der Waals surface area contributed by atoms with Gasteiger partial charge in [0.25, 0.3) is 12.3 Å². The van der Waals surface area contributed by atoms with Gasteiger partial charge in [0.2, 0.25) is 5.91 Å². The molecule has 0 bridgehead atoms. The minimum Gasteiger partial charge on any atom is -0.355 e. The molecule has 7 nitrogen and oxygen atoms in total. The molecule has 1 fully saturated rings. The standard InChI is InChI=1S/C20H16F3N5O2S/c1-25-19(30)13-5-4-11(8-15(13)21)27-6-2-3-17(29)28(20(27)31)12-7-14(18(22)23)16(9-24)26-10-12/h4-5,7-8,10,18H,2-3,6H2,1H3,(H,25,30). The minimum atomic E-state index is -2.97. The van der Waals surface area contributed by atoms with E-state index < -0.39 is 35.3 Å². The number of alkyl halides is 2. The first-order valence-corrected chi connectivity index (χ1v) is 9.53. The second-order valence-corrected chi connectivity index (χ2v) is 6.92. The summed E-state index contributed by atoms with van der Waals surface area (Å²) in [6, 6.07) is 6.48. The molecule has 0 radical (unpaired) electrons. The predicted octanol–water partition coefficient (Wildman–Crippen LogP) is 3.31. The topological polar surface area (TPSA) is 89.3 Å². The van der Waals surface area contributed by atoms with E-state index in [0.29, 0.717) is 12.1 Å². The maximum absolute atomic E-state index is 14.5. The van der Waals surface area contributed by atoms with Crippen molar-refractivity contribution in [1.29, 1.82) is 5.26 Å². The average Bonchev–Trinajstić information content (AvgIpc) is 2.90. The Balaban J connectivity index is 2.02. The Labute approximate surface area is 181 Å². The third-order valence-electron chi connectivity index (χ3n) is 4.68. The van der Waals surface area contributed by atoms with Crippen LogP contribution in [0.25, 0.3) is 0 Å². The highest BCUT2D eigenvalue weighted by atomic mass is 32.1. The normalized spacial score (nSPS) is 14.5. The highest BCUT2D eigenvalue weighted by Crippen LogP contribution is 2.30. The molecule has 1 aromatic heterocycles. The highest BCUT2D eigenvalue weighted by Gasteiger charge is 2.30. The Morgan fingerprint density at radius 2 is 2.06 bits per heavy atom. The zero-order chi connectivity index (χ0) is 22.7. The van der Waals surface area contributed by atoms with Crippen molar-refractivity contribution in [3.63, 3.8) is 0 Å². The molecular weight excluding hydrogens is 431 g/mol. The largest absolute Gasteiger partial charge is 0.355 e. The summed E-state index contributed by atoms with van der Waals surface area (Å²) in [4.78, 5) is 30.7. The van der Waals surface area contributed by atoms with Crippen LogP contribution < -0.4 is 15.1 Å². The van der Waals surface area contributed by atoms with Crippen molar-refractivity contribution < 1.29 is 22.8 Å². The number of nitrogens with zero attached hydrogens (tertiary/aromatic N) is 4. The first-order chi connectivity index (χ1) is 14.8. The van der Waals surface area contributed by atoms with Crippen molar-refractivity contribution in [3.05, 3.63) is 53.1 Å². The summed E-state index contributed by atoms with van der Waals surface area (Å²) in [5.74, 6) is -1.81. The van der Waals surface area contributed by atoms with Gasteiger partial charge in [0.05, 0.1) is 23.0 Å². The number of hydrogen-bond donors (Lipinski definition) is 1. The smallest absolute Gasteiger partial charge is 0.266 e. The van der Waals surface area contributed by atoms with E-state index in [1.54, 1.807) is 6.07 Å². The molecule has 1 aliphatic heterocycles. The molecule has 0 aliphatic carbocycles. The molecule has 1 N–H and O–H groups in total. The van der Waals surface area contributed by atoms with Crippen molar-refractivity contribution >= 4 is 40.5 Å². The van der Waals surface area contributed by atoms with Crippen molar-refractivity contribution in [3.8, 4) is 6.07 Å². The second-order valence-electron chi connectivity index (χ2n) is 6.55. The van der Waals surface area contributed by atoms with Gasteiger partial charge in [-0.2, -0.15) is 5.26 Å². The van der Waals surface area contributed by atoms with Crippen LogP contribution in [0.15, 0.2) is 30.5 Å². The van der Waals surface area contributed by atoms with E-state index in [4.69, 9.17) is 17.5 Å². The second kappa shape index (κ2) is 9.09. The summed E-state index contributed by atoms with van der Waals surface area (Å²) >= 11 is 5.45. The molecule has 0 spiro atoms. The molecule has 2 amide bonds. The monoisotopic (exact) mass is 447 g/mol. The molecule has 1 saturated heterocycles. The fourth-order valence-electron chi connectivity index (χ4n) is 3.16. The van der Waals surface area contributed by atoms with Gasteiger partial charge in [-0.1, -0.05) is 0 Å². The number of nitrogens with one attached hydrogen (secondary N) is 1. The molecule has 31 heavy (non-hydrogen) atoms. The quantitative estimate of drug-likeness (QED) is 0.724. The third-order valence-corrected chi connectivity index (χ3v) is 5.08. The molecule has 2 aromatic rings. The fraction of sp³-hybridized carbons (Fsp3) is 0.250. The van der Waals surface area contributed by atoms with Crippen LogP contribution in [0.4, 0.5) is 24.5 Å². The number of nitriles is 1. The molecule has 0 saturated carbocycles. The third kappa shape index (κ3) is 4.34. The van der Waals surface area contributed by atoms with Gasteiger partial charge in [0.15, 0.2) is 5.11 Å². The van der Waals surface area contributed by atoms with E-state index in [2.05, 4.69) is 10.3 Å². The molecule has 1 aliphatic rings. The van der Waals surface area contributed by atoms with E-state index in [1.807, 2.05) is 0 Å². The Bertz CT molecular complexity index is 1100. The molecule has 2 heterocycles. The molecule has 0 unspecified atom stereocenters. The van der Waals surface area contributed by atoms with Crippen LogP contribution in [-0.4, -0.2) is 35.5 Å². The number of anilines is 2.